The average molecular weight is 864 g/mol. The number of ether oxygens (including phenoxy) is 2. The summed E-state index contributed by atoms with van der Waals surface area (Å²) in [7, 11) is 3.25. The van der Waals surface area contributed by atoms with Crippen molar-refractivity contribution >= 4 is 23.2 Å². The smallest absolute Gasteiger partial charge is 0.232 e. The van der Waals surface area contributed by atoms with Crippen LogP contribution in [0, 0.1) is 11.8 Å². The number of carbonyl (C=O) groups is 2. The van der Waals surface area contributed by atoms with Crippen molar-refractivity contribution in [3.63, 3.8) is 0 Å². The molecule has 0 radical (unpaired) electrons. The zero-order chi connectivity index (χ0) is 45.5. The van der Waals surface area contributed by atoms with Gasteiger partial charge in [-0.25, -0.2) is 0 Å². The maximum atomic E-state index is 13.4. The van der Waals surface area contributed by atoms with Crippen LogP contribution in [-0.2, 0) is 16.0 Å². The summed E-state index contributed by atoms with van der Waals surface area (Å²) in [5.74, 6) is 2.99. The molecule has 1 heterocycles. The number of nitrogens with zero attached hydrogens (tertiary/aromatic N) is 1. The lowest BCUT2D eigenvalue weighted by Crippen LogP contribution is -2.14. The third-order valence-electron chi connectivity index (χ3n) is 11.8. The van der Waals surface area contributed by atoms with Gasteiger partial charge >= 0.3 is 0 Å². The molecule has 0 aliphatic carbocycles. The number of anilines is 2. The molecule has 1 unspecified atom stereocenters. The number of benzene rings is 4. The first kappa shape index (κ1) is 48.9. The molecular formula is C56H69N3O5. The summed E-state index contributed by atoms with van der Waals surface area (Å²) in [6.07, 6.45) is 24.7. The molecule has 1 aromatic heterocycles. The van der Waals surface area contributed by atoms with Crippen molar-refractivity contribution < 1.29 is 23.6 Å². The second-order valence-corrected chi connectivity index (χ2v) is 16.8. The zero-order valence-corrected chi connectivity index (χ0v) is 39.0. The molecule has 0 aliphatic heterocycles. The maximum absolute atomic E-state index is 13.4. The van der Waals surface area contributed by atoms with Gasteiger partial charge in [-0.15, -0.1) is 0 Å². The van der Waals surface area contributed by atoms with Gasteiger partial charge in [-0.2, -0.15) is 0 Å². The summed E-state index contributed by atoms with van der Waals surface area (Å²) in [4.78, 5) is 26.1. The van der Waals surface area contributed by atoms with Crippen molar-refractivity contribution in [2.24, 2.45) is 11.8 Å². The Morgan fingerprint density at radius 2 is 1.12 bits per heavy atom. The van der Waals surface area contributed by atoms with E-state index in [-0.39, 0.29) is 18.2 Å². The predicted molar refractivity (Wildman–Crippen MR) is 265 cm³/mol. The van der Waals surface area contributed by atoms with Crippen molar-refractivity contribution in [2.75, 3.05) is 24.9 Å². The van der Waals surface area contributed by atoms with Gasteiger partial charge in [0.25, 0.3) is 0 Å². The van der Waals surface area contributed by atoms with Crippen LogP contribution in [0.5, 0.6) is 11.5 Å². The molecular weight excluding hydrogens is 795 g/mol. The minimum Gasteiger partial charge on any atom is -0.497 e. The molecule has 5 aromatic rings. The fraction of sp³-hybridized carbons (Fsp3) is 0.375. The van der Waals surface area contributed by atoms with Crippen LogP contribution in [0.2, 0.25) is 0 Å². The Balaban J connectivity index is 1.04. The van der Waals surface area contributed by atoms with E-state index in [1.165, 1.54) is 44.9 Å². The number of rotatable bonds is 26. The van der Waals surface area contributed by atoms with Crippen LogP contribution in [0.25, 0.3) is 33.5 Å². The second-order valence-electron chi connectivity index (χ2n) is 16.8. The van der Waals surface area contributed by atoms with Crippen molar-refractivity contribution in [2.45, 2.75) is 111 Å². The van der Waals surface area contributed by atoms with Gasteiger partial charge in [0.1, 0.15) is 17.2 Å². The van der Waals surface area contributed by atoms with E-state index in [4.69, 9.17) is 14.0 Å². The van der Waals surface area contributed by atoms with Crippen LogP contribution in [0.3, 0.4) is 0 Å². The Hall–Kier alpha value is -6.15. The number of carbonyl (C=O) groups excluding carboxylic acids is 2. The first-order valence-electron chi connectivity index (χ1n) is 23.3. The number of hydrogen-bond donors (Lipinski definition) is 2. The van der Waals surface area contributed by atoms with Crippen LogP contribution in [0.1, 0.15) is 111 Å². The van der Waals surface area contributed by atoms with Crippen molar-refractivity contribution in [1.29, 1.82) is 0 Å². The van der Waals surface area contributed by atoms with Crippen LogP contribution in [-0.4, -0.2) is 31.2 Å². The Kier molecular flexibility index (Phi) is 20.2. The lowest BCUT2D eigenvalue weighted by molar-refractivity contribution is -0.116. The molecule has 8 nitrogen and oxygen atoms in total. The van der Waals surface area contributed by atoms with Gasteiger partial charge in [-0.3, -0.25) is 9.59 Å². The molecule has 1 atom stereocenters. The summed E-state index contributed by atoms with van der Waals surface area (Å²) < 4.78 is 16.5. The highest BCUT2D eigenvalue weighted by Gasteiger charge is 2.22. The molecule has 0 saturated heterocycles. The van der Waals surface area contributed by atoms with Crippen molar-refractivity contribution in [1.82, 2.24) is 5.16 Å². The van der Waals surface area contributed by atoms with E-state index in [1.807, 2.05) is 97.1 Å². The Morgan fingerprint density at radius 1 is 0.609 bits per heavy atom. The molecule has 5 rings (SSSR count). The van der Waals surface area contributed by atoms with Gasteiger partial charge < -0.3 is 24.6 Å². The number of hydrogen-bond acceptors (Lipinski definition) is 6. The van der Waals surface area contributed by atoms with Crippen molar-refractivity contribution in [3.05, 3.63) is 139 Å². The number of methoxy groups -OCH3 is 2. The number of amides is 2. The standard InChI is InChI=1S/C56H69N3O5/c1-7-8-9-10-12-15-18-21-43(42(4)41(2)3)22-19-16-13-11-14-17-20-23-53(60)57-48-32-24-44(25-33-48)45-26-34-49(35-27-45)58-54(61)40-52-55(46-28-36-50(62-5)37-29-46)56(59-64-52)47-30-38-51(63-6)39-31-47/h11-12,14-15,21,24-39,41-42H,7-10,13,16-20,22-23,40H2,1-6H3,(H,57,60)(H,58,61)/b14-11-,15-12-,43-21?. The monoisotopic (exact) mass is 864 g/mol. The fourth-order valence-corrected chi connectivity index (χ4v) is 7.61. The quantitative estimate of drug-likeness (QED) is 0.0424. The van der Waals surface area contributed by atoms with Crippen LogP contribution in [0.4, 0.5) is 11.4 Å². The summed E-state index contributed by atoms with van der Waals surface area (Å²) in [6, 6.07) is 30.7. The average Bonchev–Trinajstić information content (AvgIpc) is 3.73. The van der Waals surface area contributed by atoms with Gasteiger partial charge in [0.05, 0.1) is 26.2 Å². The summed E-state index contributed by atoms with van der Waals surface area (Å²) >= 11 is 0. The van der Waals surface area contributed by atoms with E-state index < -0.39 is 0 Å². The van der Waals surface area contributed by atoms with Gasteiger partial charge in [0, 0.05) is 23.4 Å². The van der Waals surface area contributed by atoms with Gasteiger partial charge in [0.2, 0.25) is 11.8 Å². The minimum atomic E-state index is -0.229. The Labute approximate surface area is 382 Å². The maximum Gasteiger partial charge on any atom is 0.232 e. The number of allylic oxidation sites excluding steroid dienone is 6. The van der Waals surface area contributed by atoms with Crippen LogP contribution < -0.4 is 20.1 Å². The van der Waals surface area contributed by atoms with E-state index >= 15 is 0 Å². The molecule has 0 bridgehead atoms. The van der Waals surface area contributed by atoms with E-state index in [2.05, 4.69) is 73.9 Å². The molecule has 2 N–H and O–H groups in total. The van der Waals surface area contributed by atoms with E-state index in [0.29, 0.717) is 35.4 Å². The predicted octanol–water partition coefficient (Wildman–Crippen LogP) is 14.8. The highest BCUT2D eigenvalue weighted by Crippen LogP contribution is 2.37. The summed E-state index contributed by atoms with van der Waals surface area (Å²) in [5.41, 5.74) is 8.12. The molecule has 0 saturated carbocycles. The van der Waals surface area contributed by atoms with Crippen LogP contribution in [0.15, 0.2) is 138 Å². The highest BCUT2D eigenvalue weighted by atomic mass is 16.5. The molecule has 338 valence electrons. The number of unbranched alkanes of at least 4 members (excludes halogenated alkanes) is 6. The Bertz CT molecular complexity index is 2250. The van der Waals surface area contributed by atoms with E-state index in [0.717, 1.165) is 70.7 Å². The fourth-order valence-electron chi connectivity index (χ4n) is 7.61. The van der Waals surface area contributed by atoms with E-state index in [9.17, 15) is 9.59 Å². The number of nitrogens with one attached hydrogen (secondary N) is 2. The first-order valence-corrected chi connectivity index (χ1v) is 23.3. The normalized spacial score (nSPS) is 12.3. The lowest BCUT2D eigenvalue weighted by atomic mass is 9.86. The second kappa shape index (κ2) is 26.5. The third kappa shape index (κ3) is 15.6. The minimum absolute atomic E-state index is 0.00864. The molecule has 4 aromatic carbocycles. The summed E-state index contributed by atoms with van der Waals surface area (Å²) in [6.45, 7) is 9.29. The largest absolute Gasteiger partial charge is 0.497 e. The van der Waals surface area contributed by atoms with Gasteiger partial charge in [-0.05, 0) is 147 Å². The molecule has 64 heavy (non-hydrogen) atoms. The molecule has 2 amide bonds. The van der Waals surface area contributed by atoms with Gasteiger partial charge in [0.15, 0.2) is 5.76 Å². The van der Waals surface area contributed by atoms with Crippen LogP contribution >= 0.6 is 0 Å². The van der Waals surface area contributed by atoms with E-state index in [1.54, 1.807) is 19.8 Å². The summed E-state index contributed by atoms with van der Waals surface area (Å²) in [5, 5.41) is 10.4. The molecule has 8 heteroatoms. The topological polar surface area (TPSA) is 103 Å². The lowest BCUT2D eigenvalue weighted by Gasteiger charge is -2.20. The van der Waals surface area contributed by atoms with Crippen molar-refractivity contribution in [3.8, 4) is 45.0 Å². The highest BCUT2D eigenvalue weighted by molar-refractivity contribution is 5.95. The first-order chi connectivity index (χ1) is 31.2. The zero-order valence-electron chi connectivity index (χ0n) is 39.0. The van der Waals surface area contributed by atoms with Gasteiger partial charge in [-0.1, -0.05) is 118 Å². The molecule has 0 aliphatic rings. The Morgan fingerprint density at radius 3 is 1.69 bits per heavy atom. The molecule has 0 spiro atoms. The third-order valence-corrected chi connectivity index (χ3v) is 11.8. The SMILES string of the molecule is CCCCC/C=C\CC=C(CCCC/C=C\CCCC(=O)Nc1ccc(-c2ccc(NC(=O)Cc3onc(-c4ccc(OC)cc4)c3-c3ccc(OC)cc3)cc2)cc1)C(C)C(C)C. The number of aromatic nitrogens is 1. The molecule has 0 fully saturated rings.